The molecule has 2 N–H and O–H groups in total. The maximum atomic E-state index is 13.4. The topological polar surface area (TPSA) is 79.9 Å². The summed E-state index contributed by atoms with van der Waals surface area (Å²) in [5.74, 6) is 0.893. The van der Waals surface area contributed by atoms with Crippen LogP contribution in [0.5, 0.6) is 11.5 Å². The average molecular weight is 486 g/mol. The Morgan fingerprint density at radius 1 is 0.944 bits per heavy atom. The molecule has 2 heterocycles. The van der Waals surface area contributed by atoms with Crippen LogP contribution in [0, 0.1) is 0 Å². The molecule has 2 amide bonds. The van der Waals surface area contributed by atoms with Crippen molar-refractivity contribution in [3.8, 4) is 11.5 Å². The predicted molar refractivity (Wildman–Crippen MR) is 139 cm³/mol. The van der Waals surface area contributed by atoms with Crippen molar-refractivity contribution in [1.29, 1.82) is 0 Å². The van der Waals surface area contributed by atoms with E-state index in [4.69, 9.17) is 9.47 Å². The van der Waals surface area contributed by atoms with Crippen LogP contribution in [0.2, 0.25) is 0 Å². The number of anilines is 1. The molecule has 36 heavy (non-hydrogen) atoms. The standard InChI is InChI=1S/C29H31N3O4/c1-35-26-11-9-22(17-27(26)36-2)29(34)32-14-4-7-25(32)20-5-3-6-21(15-20)28(33)31-24-10-8-19-12-13-30-18-23(19)16-24/h3,5-6,8-11,15-17,25,30H,4,7,12-14,18H2,1-2H3,(H,31,33). The minimum Gasteiger partial charge on any atom is -0.493 e. The van der Waals surface area contributed by atoms with Crippen molar-refractivity contribution in [1.82, 2.24) is 10.2 Å². The Balaban J connectivity index is 1.33. The Morgan fingerprint density at radius 2 is 1.81 bits per heavy atom. The van der Waals surface area contributed by atoms with E-state index in [9.17, 15) is 9.59 Å². The second-order valence-electron chi connectivity index (χ2n) is 9.22. The number of nitrogens with one attached hydrogen (secondary N) is 2. The number of methoxy groups -OCH3 is 2. The molecular weight excluding hydrogens is 454 g/mol. The van der Waals surface area contributed by atoms with E-state index in [0.29, 0.717) is 29.2 Å². The Morgan fingerprint density at radius 3 is 2.64 bits per heavy atom. The van der Waals surface area contributed by atoms with E-state index >= 15 is 0 Å². The van der Waals surface area contributed by atoms with Gasteiger partial charge < -0.3 is 25.0 Å². The Hall–Kier alpha value is -3.84. The molecule has 7 heteroatoms. The first-order valence-corrected chi connectivity index (χ1v) is 12.3. The van der Waals surface area contributed by atoms with Gasteiger partial charge in [-0.1, -0.05) is 18.2 Å². The first kappa shape index (κ1) is 23.9. The molecule has 0 bridgehead atoms. The lowest BCUT2D eigenvalue weighted by atomic mass is 9.99. The van der Waals surface area contributed by atoms with Crippen molar-refractivity contribution in [2.75, 3.05) is 32.6 Å². The lowest BCUT2D eigenvalue weighted by Crippen LogP contribution is -2.30. The van der Waals surface area contributed by atoms with Crippen molar-refractivity contribution in [3.63, 3.8) is 0 Å². The maximum absolute atomic E-state index is 13.4. The van der Waals surface area contributed by atoms with E-state index in [1.807, 2.05) is 41.3 Å². The summed E-state index contributed by atoms with van der Waals surface area (Å²) in [6, 6.07) is 18.8. The van der Waals surface area contributed by atoms with Crippen molar-refractivity contribution in [2.45, 2.75) is 31.8 Å². The highest BCUT2D eigenvalue weighted by Crippen LogP contribution is 2.35. The molecule has 1 unspecified atom stereocenters. The number of amides is 2. The van der Waals surface area contributed by atoms with E-state index in [1.54, 1.807) is 32.4 Å². The number of benzene rings is 3. The third-order valence-corrected chi connectivity index (χ3v) is 7.03. The SMILES string of the molecule is COc1ccc(C(=O)N2CCCC2c2cccc(C(=O)Nc3ccc4c(c3)CNCC4)c2)cc1OC. The highest BCUT2D eigenvalue weighted by molar-refractivity contribution is 6.04. The quantitative estimate of drug-likeness (QED) is 0.534. The molecule has 186 valence electrons. The molecule has 1 saturated heterocycles. The fourth-order valence-electron chi connectivity index (χ4n) is 5.14. The highest BCUT2D eigenvalue weighted by atomic mass is 16.5. The number of hydrogen-bond acceptors (Lipinski definition) is 5. The van der Waals surface area contributed by atoms with E-state index in [0.717, 1.165) is 43.6 Å². The van der Waals surface area contributed by atoms with E-state index in [1.165, 1.54) is 11.1 Å². The van der Waals surface area contributed by atoms with Crippen molar-refractivity contribution >= 4 is 17.5 Å². The van der Waals surface area contributed by atoms with Crippen LogP contribution in [0.3, 0.4) is 0 Å². The zero-order valence-corrected chi connectivity index (χ0v) is 20.7. The summed E-state index contributed by atoms with van der Waals surface area (Å²) >= 11 is 0. The van der Waals surface area contributed by atoms with Gasteiger partial charge in [0.1, 0.15) is 0 Å². The van der Waals surface area contributed by atoms with Gasteiger partial charge in [0.25, 0.3) is 11.8 Å². The second-order valence-corrected chi connectivity index (χ2v) is 9.22. The van der Waals surface area contributed by atoms with Crippen molar-refractivity contribution in [3.05, 3.63) is 88.5 Å². The fraction of sp³-hybridized carbons (Fsp3) is 0.310. The largest absolute Gasteiger partial charge is 0.493 e. The van der Waals surface area contributed by atoms with Gasteiger partial charge in [0.2, 0.25) is 0 Å². The molecule has 1 atom stereocenters. The van der Waals surface area contributed by atoms with Crippen LogP contribution in [0.4, 0.5) is 5.69 Å². The molecule has 0 radical (unpaired) electrons. The zero-order valence-electron chi connectivity index (χ0n) is 20.7. The number of carbonyl (C=O) groups excluding carboxylic acids is 2. The summed E-state index contributed by atoms with van der Waals surface area (Å²) in [4.78, 5) is 28.4. The summed E-state index contributed by atoms with van der Waals surface area (Å²) in [5.41, 5.74) is 5.43. The van der Waals surface area contributed by atoms with Crippen LogP contribution >= 0.6 is 0 Å². The molecular formula is C29H31N3O4. The van der Waals surface area contributed by atoms with Gasteiger partial charge in [-0.15, -0.1) is 0 Å². The normalized spacial score (nSPS) is 16.8. The number of ether oxygens (including phenoxy) is 2. The molecule has 0 saturated carbocycles. The van der Waals surface area contributed by atoms with Crippen LogP contribution in [0.15, 0.2) is 60.7 Å². The summed E-state index contributed by atoms with van der Waals surface area (Å²) in [5, 5.41) is 6.41. The van der Waals surface area contributed by atoms with Crippen LogP contribution < -0.4 is 20.1 Å². The first-order chi connectivity index (χ1) is 17.6. The molecule has 3 aromatic carbocycles. The summed E-state index contributed by atoms with van der Waals surface area (Å²) in [7, 11) is 3.13. The molecule has 7 nitrogen and oxygen atoms in total. The van der Waals surface area contributed by atoms with Gasteiger partial charge >= 0.3 is 0 Å². The minimum atomic E-state index is -0.156. The Kier molecular flexibility index (Phi) is 6.91. The van der Waals surface area contributed by atoms with E-state index < -0.39 is 0 Å². The summed E-state index contributed by atoms with van der Waals surface area (Å²) in [6.07, 6.45) is 2.76. The van der Waals surface area contributed by atoms with Crippen LogP contribution in [-0.4, -0.2) is 44.0 Å². The molecule has 2 aliphatic heterocycles. The van der Waals surface area contributed by atoms with Gasteiger partial charge in [0.15, 0.2) is 11.5 Å². The van der Waals surface area contributed by atoms with Gasteiger partial charge in [0, 0.05) is 29.9 Å². The lowest BCUT2D eigenvalue weighted by molar-refractivity contribution is 0.0735. The maximum Gasteiger partial charge on any atom is 0.255 e. The van der Waals surface area contributed by atoms with E-state index in [2.05, 4.69) is 16.7 Å². The third kappa shape index (κ3) is 4.79. The third-order valence-electron chi connectivity index (χ3n) is 7.03. The molecule has 2 aliphatic rings. The zero-order chi connectivity index (χ0) is 25.1. The molecule has 1 fully saturated rings. The summed E-state index contributed by atoms with van der Waals surface area (Å²) < 4.78 is 10.7. The minimum absolute atomic E-state index is 0.0593. The monoisotopic (exact) mass is 485 g/mol. The van der Waals surface area contributed by atoms with Crippen LogP contribution in [0.25, 0.3) is 0 Å². The van der Waals surface area contributed by atoms with Gasteiger partial charge in [-0.2, -0.15) is 0 Å². The second kappa shape index (κ2) is 10.4. The number of fused-ring (bicyclic) bond motifs is 1. The number of rotatable bonds is 6. The summed E-state index contributed by atoms with van der Waals surface area (Å²) in [6.45, 7) is 2.47. The van der Waals surface area contributed by atoms with Gasteiger partial charge in [0.05, 0.1) is 20.3 Å². The Bertz CT molecular complexity index is 1290. The van der Waals surface area contributed by atoms with E-state index in [-0.39, 0.29) is 17.9 Å². The van der Waals surface area contributed by atoms with Crippen molar-refractivity contribution in [2.24, 2.45) is 0 Å². The number of nitrogens with zero attached hydrogens (tertiary/aromatic N) is 1. The molecule has 3 aromatic rings. The predicted octanol–water partition coefficient (Wildman–Crippen LogP) is 4.58. The number of likely N-dealkylation sites (tertiary alicyclic amines) is 1. The molecule has 0 aromatic heterocycles. The molecule has 5 rings (SSSR count). The van der Waals surface area contributed by atoms with Crippen LogP contribution in [-0.2, 0) is 13.0 Å². The van der Waals surface area contributed by atoms with Gasteiger partial charge in [-0.25, -0.2) is 0 Å². The fourth-order valence-corrected chi connectivity index (χ4v) is 5.14. The highest BCUT2D eigenvalue weighted by Gasteiger charge is 2.31. The number of carbonyl (C=O) groups is 2. The number of hydrogen-bond donors (Lipinski definition) is 2. The molecule has 0 spiro atoms. The van der Waals surface area contributed by atoms with Crippen LogP contribution in [0.1, 0.15) is 56.3 Å². The van der Waals surface area contributed by atoms with Gasteiger partial charge in [-0.3, -0.25) is 9.59 Å². The average Bonchev–Trinajstić information content (AvgIpc) is 3.42. The lowest BCUT2D eigenvalue weighted by Gasteiger charge is -2.26. The van der Waals surface area contributed by atoms with Crippen molar-refractivity contribution < 1.29 is 19.1 Å². The van der Waals surface area contributed by atoms with Gasteiger partial charge in [-0.05, 0) is 85.0 Å². The smallest absolute Gasteiger partial charge is 0.255 e. The first-order valence-electron chi connectivity index (χ1n) is 12.3. The Labute approximate surface area is 211 Å². The molecule has 0 aliphatic carbocycles.